The number of aryl methyl sites for hydroxylation is 1. The van der Waals surface area contributed by atoms with Gasteiger partial charge in [0, 0.05) is 29.5 Å². The van der Waals surface area contributed by atoms with Gasteiger partial charge < -0.3 is 4.57 Å². The van der Waals surface area contributed by atoms with E-state index in [2.05, 4.69) is 20.9 Å². The van der Waals surface area contributed by atoms with Gasteiger partial charge in [0.05, 0.1) is 5.56 Å². The van der Waals surface area contributed by atoms with Gasteiger partial charge in [-0.15, -0.1) is 0 Å². The molecule has 2 rings (SSSR count). The van der Waals surface area contributed by atoms with Gasteiger partial charge in [0.2, 0.25) is 5.78 Å². The number of halogens is 4. The number of alkyl halides is 3. The van der Waals surface area contributed by atoms with E-state index < -0.39 is 17.5 Å². The van der Waals surface area contributed by atoms with Crippen LogP contribution in [0.15, 0.2) is 35.1 Å². The molecule has 0 spiro atoms. The van der Waals surface area contributed by atoms with Crippen LogP contribution in [-0.4, -0.2) is 15.3 Å². The molecule has 7 heteroatoms. The molecular formula is C12H8BrF3N2O. The lowest BCUT2D eigenvalue weighted by Crippen LogP contribution is -2.12. The molecule has 1 aromatic heterocycles. The number of aromatic nitrogens is 2. The molecule has 2 aromatic rings. The van der Waals surface area contributed by atoms with E-state index in [-0.39, 0.29) is 15.9 Å². The summed E-state index contributed by atoms with van der Waals surface area (Å²) < 4.78 is 39.6. The average Bonchev–Trinajstić information content (AvgIpc) is 2.73. The molecule has 0 radical (unpaired) electrons. The van der Waals surface area contributed by atoms with Crippen LogP contribution in [-0.2, 0) is 13.2 Å². The minimum atomic E-state index is -4.52. The zero-order valence-electron chi connectivity index (χ0n) is 9.70. The molecule has 0 bridgehead atoms. The lowest BCUT2D eigenvalue weighted by atomic mass is 10.1. The predicted octanol–water partition coefficient (Wildman–Crippen LogP) is 3.43. The van der Waals surface area contributed by atoms with Crippen molar-refractivity contribution >= 4 is 21.7 Å². The second-order valence-corrected chi connectivity index (χ2v) is 4.74. The van der Waals surface area contributed by atoms with E-state index in [9.17, 15) is 18.0 Å². The third-order valence-corrected chi connectivity index (χ3v) is 3.25. The van der Waals surface area contributed by atoms with Crippen LogP contribution in [0, 0.1) is 0 Å². The molecule has 0 fully saturated rings. The van der Waals surface area contributed by atoms with E-state index in [0.717, 1.165) is 6.07 Å². The van der Waals surface area contributed by atoms with Crippen LogP contribution in [0.2, 0.25) is 0 Å². The van der Waals surface area contributed by atoms with Crippen LogP contribution in [0.4, 0.5) is 13.2 Å². The summed E-state index contributed by atoms with van der Waals surface area (Å²) in [5.74, 6) is -0.457. The van der Waals surface area contributed by atoms with Crippen molar-refractivity contribution in [3.8, 4) is 0 Å². The molecule has 0 aliphatic rings. The summed E-state index contributed by atoms with van der Waals surface area (Å²) in [4.78, 5) is 15.9. The smallest absolute Gasteiger partial charge is 0.331 e. The van der Waals surface area contributed by atoms with E-state index in [1.54, 1.807) is 13.2 Å². The Hall–Kier alpha value is -1.63. The highest BCUT2D eigenvalue weighted by molar-refractivity contribution is 9.10. The zero-order valence-corrected chi connectivity index (χ0v) is 11.3. The zero-order chi connectivity index (χ0) is 14.2. The van der Waals surface area contributed by atoms with Crippen molar-refractivity contribution in [2.24, 2.45) is 7.05 Å². The first-order valence-corrected chi connectivity index (χ1v) is 5.99. The van der Waals surface area contributed by atoms with Crippen LogP contribution in [0.5, 0.6) is 0 Å². The van der Waals surface area contributed by atoms with Gasteiger partial charge >= 0.3 is 6.18 Å². The van der Waals surface area contributed by atoms with Crippen LogP contribution < -0.4 is 0 Å². The maximum Gasteiger partial charge on any atom is 0.417 e. The number of carbonyl (C=O) groups excluding carboxylic acids is 1. The first-order chi connectivity index (χ1) is 8.80. The van der Waals surface area contributed by atoms with Gasteiger partial charge in [-0.2, -0.15) is 13.2 Å². The fraction of sp³-hybridized carbons (Fsp3) is 0.167. The molecule has 100 valence electrons. The third kappa shape index (κ3) is 2.70. The van der Waals surface area contributed by atoms with E-state index in [1.807, 2.05) is 0 Å². The molecule has 0 amide bonds. The summed E-state index contributed by atoms with van der Waals surface area (Å²) in [7, 11) is 1.60. The van der Waals surface area contributed by atoms with Crippen molar-refractivity contribution in [1.82, 2.24) is 9.55 Å². The van der Waals surface area contributed by atoms with Crippen molar-refractivity contribution < 1.29 is 18.0 Å². The molecule has 1 heterocycles. The van der Waals surface area contributed by atoms with E-state index >= 15 is 0 Å². The molecule has 0 N–H and O–H groups in total. The number of hydrogen-bond acceptors (Lipinski definition) is 2. The third-order valence-electron chi connectivity index (χ3n) is 2.56. The Balaban J connectivity index is 2.48. The second kappa shape index (κ2) is 4.80. The van der Waals surface area contributed by atoms with E-state index in [4.69, 9.17) is 0 Å². The Kier molecular flexibility index (Phi) is 3.49. The summed E-state index contributed by atoms with van der Waals surface area (Å²) in [6, 6.07) is 3.36. The van der Waals surface area contributed by atoms with Crippen LogP contribution in [0.3, 0.4) is 0 Å². The van der Waals surface area contributed by atoms with Gasteiger partial charge in [0.1, 0.15) is 0 Å². The number of nitrogens with zero attached hydrogens (tertiary/aromatic N) is 2. The average molecular weight is 333 g/mol. The number of rotatable bonds is 2. The standard InChI is InChI=1S/C12H8BrF3N2O/c1-18-5-4-17-11(18)10(19)7-2-3-9(13)8(6-7)12(14,15)16/h2-6H,1H3. The Labute approximate surface area is 115 Å². The van der Waals surface area contributed by atoms with Gasteiger partial charge in [-0.25, -0.2) is 4.98 Å². The number of imidazole rings is 1. The molecule has 0 atom stereocenters. The van der Waals surface area contributed by atoms with Crippen LogP contribution >= 0.6 is 15.9 Å². The quantitative estimate of drug-likeness (QED) is 0.790. The number of benzene rings is 1. The molecule has 1 aromatic carbocycles. The Bertz CT molecular complexity index is 634. The molecule has 0 unspecified atom stereocenters. The van der Waals surface area contributed by atoms with E-state index in [1.165, 1.54) is 22.9 Å². The summed E-state index contributed by atoms with van der Waals surface area (Å²) in [5, 5.41) is 0. The molecule has 0 aliphatic carbocycles. The van der Waals surface area contributed by atoms with Gasteiger partial charge in [0.25, 0.3) is 0 Å². The van der Waals surface area contributed by atoms with Crippen molar-refractivity contribution in [1.29, 1.82) is 0 Å². The summed E-state index contributed by atoms with van der Waals surface area (Å²) in [6.45, 7) is 0. The van der Waals surface area contributed by atoms with Crippen molar-refractivity contribution in [2.75, 3.05) is 0 Å². The first-order valence-electron chi connectivity index (χ1n) is 5.19. The van der Waals surface area contributed by atoms with Gasteiger partial charge in [-0.3, -0.25) is 4.79 Å². The largest absolute Gasteiger partial charge is 0.417 e. The molecule has 3 nitrogen and oxygen atoms in total. The van der Waals surface area contributed by atoms with Crippen molar-refractivity contribution in [3.63, 3.8) is 0 Å². The normalized spacial score (nSPS) is 11.6. The number of hydrogen-bond donors (Lipinski definition) is 0. The molecule has 0 aliphatic heterocycles. The fourth-order valence-electron chi connectivity index (χ4n) is 1.60. The maximum atomic E-state index is 12.8. The lowest BCUT2D eigenvalue weighted by molar-refractivity contribution is -0.138. The van der Waals surface area contributed by atoms with Crippen molar-refractivity contribution in [2.45, 2.75) is 6.18 Å². The highest BCUT2D eigenvalue weighted by atomic mass is 79.9. The summed E-state index contributed by atoms with van der Waals surface area (Å²) >= 11 is 2.83. The lowest BCUT2D eigenvalue weighted by Gasteiger charge is -2.10. The fourth-order valence-corrected chi connectivity index (χ4v) is 2.07. The monoisotopic (exact) mass is 332 g/mol. The van der Waals surface area contributed by atoms with Crippen LogP contribution in [0.1, 0.15) is 21.7 Å². The number of ketones is 1. The molecule has 0 saturated carbocycles. The second-order valence-electron chi connectivity index (χ2n) is 3.88. The molecule has 0 saturated heterocycles. The summed E-state index contributed by atoms with van der Waals surface area (Å²) in [5.41, 5.74) is -0.933. The van der Waals surface area contributed by atoms with Crippen molar-refractivity contribution in [3.05, 3.63) is 52.0 Å². The van der Waals surface area contributed by atoms with Gasteiger partial charge in [0.15, 0.2) is 5.82 Å². The Morgan fingerprint density at radius 1 is 1.37 bits per heavy atom. The highest BCUT2D eigenvalue weighted by Gasteiger charge is 2.33. The topological polar surface area (TPSA) is 34.9 Å². The number of carbonyl (C=O) groups is 1. The summed E-state index contributed by atoms with van der Waals surface area (Å²) in [6.07, 6.45) is -1.55. The van der Waals surface area contributed by atoms with Gasteiger partial charge in [-0.05, 0) is 18.2 Å². The predicted molar refractivity (Wildman–Crippen MR) is 65.8 cm³/mol. The minimum absolute atomic E-state index is 0.0511. The van der Waals surface area contributed by atoms with Gasteiger partial charge in [-0.1, -0.05) is 15.9 Å². The first kappa shape index (κ1) is 13.8. The highest BCUT2D eigenvalue weighted by Crippen LogP contribution is 2.35. The van der Waals surface area contributed by atoms with E-state index in [0.29, 0.717) is 0 Å². The molecular weight excluding hydrogens is 325 g/mol. The maximum absolute atomic E-state index is 12.8. The van der Waals surface area contributed by atoms with Crippen LogP contribution in [0.25, 0.3) is 0 Å². The Morgan fingerprint density at radius 3 is 2.58 bits per heavy atom. The Morgan fingerprint density at radius 2 is 2.05 bits per heavy atom. The molecule has 19 heavy (non-hydrogen) atoms. The SMILES string of the molecule is Cn1ccnc1C(=O)c1ccc(Br)c(C(F)(F)F)c1. The minimum Gasteiger partial charge on any atom is -0.331 e.